The second-order valence-corrected chi connectivity index (χ2v) is 6.00. The lowest BCUT2D eigenvalue weighted by Crippen LogP contribution is -2.15. The van der Waals surface area contributed by atoms with Crippen molar-refractivity contribution >= 4 is 15.9 Å². The van der Waals surface area contributed by atoms with Gasteiger partial charge in [0, 0.05) is 29.5 Å². The minimum absolute atomic E-state index is 0.168. The third kappa shape index (κ3) is 2.60. The highest BCUT2D eigenvalue weighted by molar-refractivity contribution is 9.10. The molecule has 19 heavy (non-hydrogen) atoms. The SMILES string of the molecule is NC1CCCc2cn(Cc3ccc(F)cc3Br)cc21. The maximum absolute atomic E-state index is 13.1. The number of fused-ring (bicyclic) bond motifs is 1. The van der Waals surface area contributed by atoms with Gasteiger partial charge in [-0.1, -0.05) is 22.0 Å². The fraction of sp³-hybridized carbons (Fsp3) is 0.333. The Morgan fingerprint density at radius 3 is 2.95 bits per heavy atom. The molecule has 1 aromatic carbocycles. The van der Waals surface area contributed by atoms with Crippen LogP contribution < -0.4 is 5.73 Å². The van der Waals surface area contributed by atoms with Gasteiger partial charge in [0.2, 0.25) is 0 Å². The average Bonchev–Trinajstić information content (AvgIpc) is 2.77. The standard InChI is InChI=1S/C15H16BrFN2/c16-14-6-12(17)5-4-11(14)8-19-7-10-2-1-3-15(18)13(10)9-19/h4-7,9,15H,1-3,8,18H2. The van der Waals surface area contributed by atoms with Crippen molar-refractivity contribution in [3.05, 3.63) is 57.6 Å². The molecule has 1 aromatic heterocycles. The first-order valence-corrected chi connectivity index (χ1v) is 7.31. The summed E-state index contributed by atoms with van der Waals surface area (Å²) in [7, 11) is 0. The Kier molecular flexibility index (Phi) is 3.46. The number of hydrogen-bond donors (Lipinski definition) is 1. The van der Waals surface area contributed by atoms with E-state index in [1.165, 1.54) is 29.7 Å². The van der Waals surface area contributed by atoms with Crippen LogP contribution in [0, 0.1) is 5.82 Å². The number of benzene rings is 1. The van der Waals surface area contributed by atoms with Crippen LogP contribution in [0.4, 0.5) is 4.39 Å². The fourth-order valence-electron chi connectivity index (χ4n) is 2.72. The Bertz CT molecular complexity index is 606. The molecule has 0 spiro atoms. The molecule has 4 heteroatoms. The molecule has 0 bridgehead atoms. The van der Waals surface area contributed by atoms with Gasteiger partial charge in [-0.3, -0.25) is 0 Å². The van der Waals surface area contributed by atoms with Gasteiger partial charge in [-0.2, -0.15) is 0 Å². The van der Waals surface area contributed by atoms with Crippen LogP contribution in [0.25, 0.3) is 0 Å². The van der Waals surface area contributed by atoms with E-state index < -0.39 is 0 Å². The molecule has 2 aromatic rings. The summed E-state index contributed by atoms with van der Waals surface area (Å²) in [4.78, 5) is 0. The lowest BCUT2D eigenvalue weighted by molar-refractivity contribution is 0.573. The van der Waals surface area contributed by atoms with Crippen molar-refractivity contribution in [2.45, 2.75) is 31.8 Å². The van der Waals surface area contributed by atoms with Gasteiger partial charge in [0.15, 0.2) is 0 Å². The van der Waals surface area contributed by atoms with Crippen molar-refractivity contribution in [1.29, 1.82) is 0 Å². The van der Waals surface area contributed by atoms with Crippen LogP contribution in [0.5, 0.6) is 0 Å². The van der Waals surface area contributed by atoms with Crippen LogP contribution in [-0.2, 0) is 13.0 Å². The third-order valence-corrected chi connectivity index (χ3v) is 4.46. The second-order valence-electron chi connectivity index (χ2n) is 5.15. The van der Waals surface area contributed by atoms with E-state index in [-0.39, 0.29) is 11.9 Å². The Morgan fingerprint density at radius 1 is 1.37 bits per heavy atom. The number of aromatic nitrogens is 1. The van der Waals surface area contributed by atoms with E-state index in [0.717, 1.165) is 29.4 Å². The van der Waals surface area contributed by atoms with Gasteiger partial charge in [-0.15, -0.1) is 0 Å². The number of nitrogens with zero attached hydrogens (tertiary/aromatic N) is 1. The lowest BCUT2D eigenvalue weighted by atomic mass is 9.92. The summed E-state index contributed by atoms with van der Waals surface area (Å²) in [5.74, 6) is -0.218. The van der Waals surface area contributed by atoms with Crippen LogP contribution in [-0.4, -0.2) is 4.57 Å². The first-order valence-electron chi connectivity index (χ1n) is 6.51. The van der Waals surface area contributed by atoms with Crippen molar-refractivity contribution in [3.63, 3.8) is 0 Å². The lowest BCUT2D eigenvalue weighted by Gasteiger charge is -2.17. The molecular weight excluding hydrogens is 307 g/mol. The first kappa shape index (κ1) is 12.9. The molecule has 0 amide bonds. The summed E-state index contributed by atoms with van der Waals surface area (Å²) in [5, 5.41) is 0. The number of aryl methyl sites for hydroxylation is 1. The Morgan fingerprint density at radius 2 is 2.21 bits per heavy atom. The van der Waals surface area contributed by atoms with E-state index in [1.54, 1.807) is 0 Å². The number of nitrogens with two attached hydrogens (primary N) is 1. The monoisotopic (exact) mass is 322 g/mol. The maximum Gasteiger partial charge on any atom is 0.124 e. The first-order chi connectivity index (χ1) is 9.13. The van der Waals surface area contributed by atoms with Crippen molar-refractivity contribution in [1.82, 2.24) is 4.57 Å². The predicted octanol–water partition coefficient (Wildman–Crippen LogP) is 3.77. The highest BCUT2D eigenvalue weighted by atomic mass is 79.9. The van der Waals surface area contributed by atoms with Gasteiger partial charge < -0.3 is 10.3 Å². The van der Waals surface area contributed by atoms with Crippen molar-refractivity contribution in [2.24, 2.45) is 5.73 Å². The fourth-order valence-corrected chi connectivity index (χ4v) is 3.20. The number of halogens is 2. The summed E-state index contributed by atoms with van der Waals surface area (Å²) in [6.45, 7) is 0.737. The summed E-state index contributed by atoms with van der Waals surface area (Å²) in [6, 6.07) is 4.99. The second kappa shape index (κ2) is 5.10. The molecule has 0 saturated carbocycles. The maximum atomic E-state index is 13.1. The molecule has 3 rings (SSSR count). The minimum atomic E-state index is -0.218. The molecule has 2 nitrogen and oxygen atoms in total. The van der Waals surface area contributed by atoms with Gasteiger partial charge in [-0.25, -0.2) is 4.39 Å². The third-order valence-electron chi connectivity index (χ3n) is 3.73. The molecule has 1 heterocycles. The summed E-state index contributed by atoms with van der Waals surface area (Å²) in [5.41, 5.74) is 9.83. The zero-order chi connectivity index (χ0) is 13.4. The predicted molar refractivity (Wildman–Crippen MR) is 77.5 cm³/mol. The Balaban J connectivity index is 1.87. The van der Waals surface area contributed by atoms with E-state index in [1.807, 2.05) is 6.07 Å². The van der Waals surface area contributed by atoms with Crippen molar-refractivity contribution in [3.8, 4) is 0 Å². The van der Waals surface area contributed by atoms with Crippen molar-refractivity contribution in [2.75, 3.05) is 0 Å². The zero-order valence-corrected chi connectivity index (χ0v) is 12.2. The minimum Gasteiger partial charge on any atom is -0.349 e. The van der Waals surface area contributed by atoms with E-state index in [9.17, 15) is 4.39 Å². The summed E-state index contributed by atoms with van der Waals surface area (Å²) in [6.07, 6.45) is 7.65. The summed E-state index contributed by atoms with van der Waals surface area (Å²) >= 11 is 3.41. The molecule has 0 radical (unpaired) electrons. The zero-order valence-electron chi connectivity index (χ0n) is 10.6. The van der Waals surface area contributed by atoms with Gasteiger partial charge in [0.05, 0.1) is 0 Å². The van der Waals surface area contributed by atoms with Crippen LogP contribution in [0.1, 0.15) is 35.6 Å². The number of hydrogen-bond acceptors (Lipinski definition) is 1. The van der Waals surface area contributed by atoms with Gasteiger partial charge >= 0.3 is 0 Å². The van der Waals surface area contributed by atoms with E-state index in [0.29, 0.717) is 0 Å². The molecular formula is C15H16BrFN2. The Hall–Kier alpha value is -1.13. The van der Waals surface area contributed by atoms with Crippen LogP contribution >= 0.6 is 15.9 Å². The van der Waals surface area contributed by atoms with E-state index in [2.05, 4.69) is 32.9 Å². The van der Waals surface area contributed by atoms with E-state index >= 15 is 0 Å². The van der Waals surface area contributed by atoms with Crippen LogP contribution in [0.3, 0.4) is 0 Å². The molecule has 1 aliphatic rings. The smallest absolute Gasteiger partial charge is 0.124 e. The molecule has 100 valence electrons. The molecule has 1 aliphatic carbocycles. The molecule has 1 unspecified atom stereocenters. The number of rotatable bonds is 2. The molecule has 1 atom stereocenters. The molecule has 0 fully saturated rings. The van der Waals surface area contributed by atoms with Crippen LogP contribution in [0.15, 0.2) is 35.1 Å². The van der Waals surface area contributed by atoms with Gasteiger partial charge in [0.25, 0.3) is 0 Å². The largest absolute Gasteiger partial charge is 0.349 e. The van der Waals surface area contributed by atoms with Gasteiger partial charge in [-0.05, 0) is 48.1 Å². The van der Waals surface area contributed by atoms with Gasteiger partial charge in [0.1, 0.15) is 5.82 Å². The topological polar surface area (TPSA) is 30.9 Å². The van der Waals surface area contributed by atoms with Crippen LogP contribution in [0.2, 0.25) is 0 Å². The summed E-state index contributed by atoms with van der Waals surface area (Å²) < 4.78 is 16.0. The normalized spacial score (nSPS) is 18.4. The Labute approximate surface area is 120 Å². The average molecular weight is 323 g/mol. The van der Waals surface area contributed by atoms with Crippen molar-refractivity contribution < 1.29 is 4.39 Å². The van der Waals surface area contributed by atoms with E-state index in [4.69, 9.17) is 5.73 Å². The highest BCUT2D eigenvalue weighted by Crippen LogP contribution is 2.29. The molecule has 0 aliphatic heterocycles. The molecule has 0 saturated heterocycles. The molecule has 2 N–H and O–H groups in total. The highest BCUT2D eigenvalue weighted by Gasteiger charge is 2.18. The quantitative estimate of drug-likeness (QED) is 0.896.